The van der Waals surface area contributed by atoms with E-state index in [9.17, 15) is 0 Å². The summed E-state index contributed by atoms with van der Waals surface area (Å²) in [6.45, 7) is 0. The lowest BCUT2D eigenvalue weighted by atomic mass is 9.95. The molecular formula is C46H29NS. The second kappa shape index (κ2) is 10.8. The maximum Gasteiger partial charge on any atom is 0.0468 e. The molecule has 0 radical (unpaired) electrons. The van der Waals surface area contributed by atoms with E-state index in [1.165, 1.54) is 74.4 Å². The summed E-state index contributed by atoms with van der Waals surface area (Å²) in [5, 5.41) is 12.8. The maximum absolute atomic E-state index is 2.42. The molecule has 0 aliphatic carbocycles. The van der Waals surface area contributed by atoms with Crippen molar-refractivity contribution in [3.8, 4) is 11.1 Å². The van der Waals surface area contributed by atoms with Crippen LogP contribution < -0.4 is 4.90 Å². The van der Waals surface area contributed by atoms with Crippen LogP contribution in [0.4, 0.5) is 17.1 Å². The Labute approximate surface area is 282 Å². The van der Waals surface area contributed by atoms with Crippen LogP contribution in [-0.4, -0.2) is 0 Å². The van der Waals surface area contributed by atoms with Crippen LogP contribution in [0.15, 0.2) is 176 Å². The first-order chi connectivity index (χ1) is 23.8. The summed E-state index contributed by atoms with van der Waals surface area (Å²) in [6, 6.07) is 64.5. The fourth-order valence-electron chi connectivity index (χ4n) is 7.43. The van der Waals surface area contributed by atoms with Crippen molar-refractivity contribution in [1.82, 2.24) is 0 Å². The van der Waals surface area contributed by atoms with Gasteiger partial charge in [-0.05, 0) is 109 Å². The van der Waals surface area contributed by atoms with Gasteiger partial charge in [0.15, 0.2) is 0 Å². The predicted octanol–water partition coefficient (Wildman–Crippen LogP) is 13.8. The molecule has 48 heavy (non-hydrogen) atoms. The number of anilines is 3. The molecule has 0 aliphatic heterocycles. The van der Waals surface area contributed by atoms with Crippen LogP contribution in [0.2, 0.25) is 0 Å². The van der Waals surface area contributed by atoms with E-state index in [0.29, 0.717) is 0 Å². The predicted molar refractivity (Wildman–Crippen MR) is 209 cm³/mol. The molecule has 224 valence electrons. The molecule has 1 heterocycles. The molecule has 9 aromatic carbocycles. The summed E-state index contributed by atoms with van der Waals surface area (Å²) in [5.41, 5.74) is 5.83. The molecule has 10 aromatic rings. The van der Waals surface area contributed by atoms with E-state index in [1.807, 2.05) is 11.3 Å². The molecule has 0 N–H and O–H groups in total. The van der Waals surface area contributed by atoms with Crippen LogP contribution in [-0.2, 0) is 0 Å². The fourth-order valence-corrected chi connectivity index (χ4v) is 8.56. The third-order valence-electron chi connectivity index (χ3n) is 9.78. The number of thiophene rings is 1. The standard InChI is InChI=1S/C46H29NS/c1-2-8-30(9-3-1)32-18-21-37(22-19-32)47(38-23-20-31-10-4-5-11-34(31)26-38)39-24-25-40-35(27-39)16-14-33-15-17-36-28-43-41-12-6-7-13-44(41)48-45(43)29-42(36)46(33)40/h1-29H. The van der Waals surface area contributed by atoms with Gasteiger partial charge in [-0.25, -0.2) is 0 Å². The van der Waals surface area contributed by atoms with Gasteiger partial charge in [0.05, 0.1) is 0 Å². The lowest BCUT2D eigenvalue weighted by molar-refractivity contribution is 1.29. The highest BCUT2D eigenvalue weighted by molar-refractivity contribution is 7.25. The topological polar surface area (TPSA) is 3.24 Å². The second-order valence-electron chi connectivity index (χ2n) is 12.6. The van der Waals surface area contributed by atoms with Gasteiger partial charge < -0.3 is 4.90 Å². The summed E-state index contributed by atoms with van der Waals surface area (Å²) < 4.78 is 2.68. The number of fused-ring (bicyclic) bond motifs is 9. The van der Waals surface area contributed by atoms with Gasteiger partial charge in [0, 0.05) is 37.2 Å². The van der Waals surface area contributed by atoms with Crippen molar-refractivity contribution in [1.29, 1.82) is 0 Å². The third kappa shape index (κ3) is 4.38. The maximum atomic E-state index is 2.42. The minimum Gasteiger partial charge on any atom is -0.310 e. The summed E-state index contributed by atoms with van der Waals surface area (Å²) in [5.74, 6) is 0. The van der Waals surface area contributed by atoms with Crippen LogP contribution in [0, 0.1) is 0 Å². The molecule has 1 nitrogen and oxygen atoms in total. The van der Waals surface area contributed by atoms with Crippen LogP contribution in [0.1, 0.15) is 0 Å². The lowest BCUT2D eigenvalue weighted by Crippen LogP contribution is -2.10. The normalized spacial score (nSPS) is 11.8. The zero-order valence-corrected chi connectivity index (χ0v) is 26.9. The molecule has 0 amide bonds. The van der Waals surface area contributed by atoms with Crippen molar-refractivity contribution >= 4 is 91.7 Å². The van der Waals surface area contributed by atoms with Crippen molar-refractivity contribution in [2.24, 2.45) is 0 Å². The van der Waals surface area contributed by atoms with E-state index in [-0.39, 0.29) is 0 Å². The summed E-state index contributed by atoms with van der Waals surface area (Å²) >= 11 is 1.89. The van der Waals surface area contributed by atoms with Gasteiger partial charge in [0.1, 0.15) is 0 Å². The number of rotatable bonds is 4. The van der Waals surface area contributed by atoms with Crippen molar-refractivity contribution in [3.05, 3.63) is 176 Å². The SMILES string of the molecule is c1ccc(-c2ccc(N(c3ccc4ccccc4c3)c3ccc4c(ccc5ccc6cc7c(cc6c54)sc4ccccc47)c3)cc2)cc1. The zero-order chi connectivity index (χ0) is 31.6. The Hall–Kier alpha value is -5.96. The van der Waals surface area contributed by atoms with Gasteiger partial charge in [0.25, 0.3) is 0 Å². The van der Waals surface area contributed by atoms with Gasteiger partial charge in [-0.2, -0.15) is 0 Å². The van der Waals surface area contributed by atoms with Crippen LogP contribution in [0.3, 0.4) is 0 Å². The average molecular weight is 628 g/mol. The van der Waals surface area contributed by atoms with E-state index < -0.39 is 0 Å². The average Bonchev–Trinajstić information content (AvgIpc) is 3.52. The highest BCUT2D eigenvalue weighted by Gasteiger charge is 2.16. The lowest BCUT2D eigenvalue weighted by Gasteiger charge is -2.26. The fraction of sp³-hybridized carbons (Fsp3) is 0. The number of hydrogen-bond acceptors (Lipinski definition) is 2. The van der Waals surface area contributed by atoms with Gasteiger partial charge in [0.2, 0.25) is 0 Å². The Bertz CT molecular complexity index is 2830. The summed E-state index contributed by atoms with van der Waals surface area (Å²) in [7, 11) is 0. The number of hydrogen-bond donors (Lipinski definition) is 0. The highest BCUT2D eigenvalue weighted by atomic mass is 32.1. The molecule has 0 unspecified atom stereocenters. The number of benzene rings is 9. The Morgan fingerprint density at radius 1 is 0.312 bits per heavy atom. The molecule has 0 saturated heterocycles. The first-order valence-corrected chi connectivity index (χ1v) is 17.2. The molecular weight excluding hydrogens is 599 g/mol. The van der Waals surface area contributed by atoms with Crippen molar-refractivity contribution in [2.75, 3.05) is 4.90 Å². The van der Waals surface area contributed by atoms with Gasteiger partial charge in [-0.1, -0.05) is 121 Å². The highest BCUT2D eigenvalue weighted by Crippen LogP contribution is 2.42. The van der Waals surface area contributed by atoms with Gasteiger partial charge in [-0.15, -0.1) is 11.3 Å². The van der Waals surface area contributed by atoms with Crippen LogP contribution in [0.5, 0.6) is 0 Å². The van der Waals surface area contributed by atoms with E-state index in [0.717, 1.165) is 17.1 Å². The van der Waals surface area contributed by atoms with Crippen LogP contribution >= 0.6 is 11.3 Å². The van der Waals surface area contributed by atoms with E-state index in [2.05, 4.69) is 181 Å². The Morgan fingerprint density at radius 3 is 1.75 bits per heavy atom. The minimum absolute atomic E-state index is 1.13. The van der Waals surface area contributed by atoms with Crippen LogP contribution in [0.25, 0.3) is 74.4 Å². The van der Waals surface area contributed by atoms with Crippen molar-refractivity contribution in [3.63, 3.8) is 0 Å². The Kier molecular flexibility index (Phi) is 6.12. The molecule has 0 aliphatic rings. The second-order valence-corrected chi connectivity index (χ2v) is 13.7. The van der Waals surface area contributed by atoms with E-state index in [4.69, 9.17) is 0 Å². The van der Waals surface area contributed by atoms with Gasteiger partial charge in [-0.3, -0.25) is 0 Å². The quantitative estimate of drug-likeness (QED) is 0.176. The van der Waals surface area contributed by atoms with Crippen molar-refractivity contribution in [2.45, 2.75) is 0 Å². The first-order valence-electron chi connectivity index (χ1n) is 16.4. The number of nitrogens with zero attached hydrogens (tertiary/aromatic N) is 1. The molecule has 0 atom stereocenters. The molecule has 0 saturated carbocycles. The monoisotopic (exact) mass is 627 g/mol. The Balaban J connectivity index is 1.16. The van der Waals surface area contributed by atoms with Gasteiger partial charge >= 0.3 is 0 Å². The molecule has 10 rings (SSSR count). The summed E-state index contributed by atoms with van der Waals surface area (Å²) in [6.07, 6.45) is 0. The molecule has 2 heteroatoms. The van der Waals surface area contributed by atoms with Crippen molar-refractivity contribution < 1.29 is 0 Å². The minimum atomic E-state index is 1.13. The van der Waals surface area contributed by atoms with E-state index in [1.54, 1.807) is 0 Å². The third-order valence-corrected chi connectivity index (χ3v) is 10.9. The molecule has 0 bridgehead atoms. The molecule has 0 fully saturated rings. The Morgan fingerprint density at radius 2 is 0.917 bits per heavy atom. The molecule has 1 aromatic heterocycles. The molecule has 0 spiro atoms. The largest absolute Gasteiger partial charge is 0.310 e. The van der Waals surface area contributed by atoms with E-state index >= 15 is 0 Å². The zero-order valence-electron chi connectivity index (χ0n) is 26.1. The first kappa shape index (κ1) is 27.2. The smallest absolute Gasteiger partial charge is 0.0468 e. The summed E-state index contributed by atoms with van der Waals surface area (Å²) in [4.78, 5) is 2.38.